The van der Waals surface area contributed by atoms with Crippen molar-refractivity contribution in [2.75, 3.05) is 56.3 Å². The highest BCUT2D eigenvalue weighted by molar-refractivity contribution is 7.80. The Morgan fingerprint density at radius 3 is 1.20 bits per heavy atom. The van der Waals surface area contributed by atoms with E-state index in [1.165, 1.54) is 25.3 Å². The third kappa shape index (κ3) is 33.7. The van der Waals surface area contributed by atoms with E-state index in [1.807, 2.05) is 5.32 Å². The van der Waals surface area contributed by atoms with E-state index in [-0.39, 0.29) is 35.6 Å². The second-order valence-corrected chi connectivity index (χ2v) is 26.6. The number of anilines is 2. The van der Waals surface area contributed by atoms with E-state index in [1.54, 1.807) is 17.4 Å². The number of benzene rings is 1. The molecule has 49 nitrogen and oxygen atoms in total. The molecule has 10 amide bonds. The zero-order chi connectivity index (χ0) is 86.7. The van der Waals surface area contributed by atoms with Gasteiger partial charge in [-0.15, -0.1) is 0 Å². The Labute approximate surface area is 656 Å². The lowest BCUT2D eigenvalue weighted by Gasteiger charge is -2.28. The fraction of sp³-hybridized carbons (Fsp3) is 0.615. The van der Waals surface area contributed by atoms with E-state index in [9.17, 15) is 159 Å². The van der Waals surface area contributed by atoms with Crippen LogP contribution in [0.3, 0.4) is 0 Å². The van der Waals surface area contributed by atoms with Crippen LogP contribution < -0.4 is 69.8 Å². The van der Waals surface area contributed by atoms with Gasteiger partial charge in [0, 0.05) is 81.2 Å². The predicted molar refractivity (Wildman–Crippen MR) is 390 cm³/mol. The summed E-state index contributed by atoms with van der Waals surface area (Å²) >= 11 is 3.71. The van der Waals surface area contributed by atoms with Crippen molar-refractivity contribution >= 4 is 112 Å². The molecule has 1 aromatic carbocycles. The molecule has 3 aromatic rings. The lowest BCUT2D eigenvalue weighted by atomic mass is 10.0. The summed E-state index contributed by atoms with van der Waals surface area (Å²) in [5.41, 5.74) is 2.69. The van der Waals surface area contributed by atoms with Crippen molar-refractivity contribution in [2.45, 2.75) is 206 Å². The molecule has 0 fully saturated rings. The number of nitrogens with one attached hydrogen (secondary N) is 12. The van der Waals surface area contributed by atoms with Gasteiger partial charge in [0.1, 0.15) is 85.1 Å². The number of aliphatic hydroxyl groups excluding tert-OH is 15. The Hall–Kier alpha value is -10.1. The number of amides is 10. The molecule has 2 aromatic heterocycles. The molecule has 644 valence electrons. The van der Waals surface area contributed by atoms with Crippen LogP contribution in [0.4, 0.5) is 11.6 Å². The number of hydrogen-bond acceptors (Lipinski definition) is 36. The molecule has 0 spiro atoms. The number of carboxylic acids is 3. The Kier molecular flexibility index (Phi) is 42.1. The van der Waals surface area contributed by atoms with Gasteiger partial charge in [-0.3, -0.25) is 62.3 Å². The van der Waals surface area contributed by atoms with Gasteiger partial charge in [-0.1, -0.05) is 0 Å². The van der Waals surface area contributed by atoms with Gasteiger partial charge < -0.3 is 166 Å². The molecule has 2 heterocycles. The number of nitrogens with zero attached hydrogens (tertiary/aromatic N) is 3. The lowest BCUT2D eigenvalue weighted by Crippen LogP contribution is -2.62. The summed E-state index contributed by atoms with van der Waals surface area (Å²) in [6.07, 6.45) is -33.6. The largest absolute Gasteiger partial charge is 0.481 e. The summed E-state index contributed by atoms with van der Waals surface area (Å²) in [7, 11) is 0. The lowest BCUT2D eigenvalue weighted by molar-refractivity contribution is -0.163. The smallest absolute Gasteiger partial charge is 0.358 e. The van der Waals surface area contributed by atoms with E-state index in [4.69, 9.17) is 10.8 Å². The third-order valence-electron chi connectivity index (χ3n) is 17.2. The van der Waals surface area contributed by atoms with Crippen molar-refractivity contribution in [3.8, 4) is 0 Å². The number of aliphatic carboxylic acids is 3. The molecule has 33 N–H and O–H groups in total. The Balaban J connectivity index is 2.03. The first-order chi connectivity index (χ1) is 54.0. The average Bonchev–Trinajstić information content (AvgIpc) is 0.814. The summed E-state index contributed by atoms with van der Waals surface area (Å²) in [5, 5.41) is 213. The highest BCUT2D eigenvalue weighted by Gasteiger charge is 2.41. The molecule has 0 saturated carbocycles. The van der Waals surface area contributed by atoms with Crippen LogP contribution in [0.5, 0.6) is 0 Å². The molecule has 19 atom stereocenters. The van der Waals surface area contributed by atoms with Crippen molar-refractivity contribution < 1.29 is 159 Å². The van der Waals surface area contributed by atoms with Crippen LogP contribution in [0.2, 0.25) is 0 Å². The number of carbonyl (C=O) groups is 13. The number of H-pyrrole nitrogens is 1. The van der Waals surface area contributed by atoms with Gasteiger partial charge in [0.25, 0.3) is 5.91 Å². The minimum Gasteiger partial charge on any atom is -0.481 e. The Morgan fingerprint density at radius 2 is 0.835 bits per heavy atom. The van der Waals surface area contributed by atoms with Gasteiger partial charge in [-0.25, -0.2) is 14.8 Å². The maximum absolute atomic E-state index is 14.6. The van der Waals surface area contributed by atoms with Crippen LogP contribution >= 0.6 is 12.6 Å². The Morgan fingerprint density at radius 1 is 0.478 bits per heavy atom. The number of hydrogen-bond donors (Lipinski definition) is 33. The number of nitrogen functional groups attached to an aromatic ring is 1. The number of thiol groups is 1. The van der Waals surface area contributed by atoms with E-state index in [0.29, 0.717) is 11.4 Å². The van der Waals surface area contributed by atoms with Crippen molar-refractivity contribution in [3.05, 3.63) is 52.1 Å². The van der Waals surface area contributed by atoms with Crippen LogP contribution in [-0.2, 0) is 64.1 Å². The van der Waals surface area contributed by atoms with E-state index in [2.05, 4.69) is 80.4 Å². The van der Waals surface area contributed by atoms with E-state index in [0.717, 1.165) is 0 Å². The fourth-order valence-corrected chi connectivity index (χ4v) is 10.4. The fourth-order valence-electron chi connectivity index (χ4n) is 10.2. The molecule has 0 aliphatic rings. The number of nitrogens with two attached hydrogens (primary N) is 1. The number of aromatic nitrogens is 4. The molecule has 3 rings (SSSR count). The van der Waals surface area contributed by atoms with Crippen molar-refractivity contribution in [3.63, 3.8) is 0 Å². The maximum atomic E-state index is 14.6. The van der Waals surface area contributed by atoms with Crippen LogP contribution in [0, 0.1) is 0 Å². The normalized spacial score (nSPS) is 16.7. The summed E-state index contributed by atoms with van der Waals surface area (Å²) in [5.74, 6) is -19.2. The maximum Gasteiger partial charge on any atom is 0.358 e. The van der Waals surface area contributed by atoms with Gasteiger partial charge in [-0.05, 0) is 69.7 Å². The Bertz CT molecular complexity index is 3820. The number of aliphatic hydroxyl groups is 16. The van der Waals surface area contributed by atoms with Gasteiger partial charge in [0.2, 0.25) is 64.8 Å². The number of carbonyl (C=O) groups excluding carboxylic acids is 10. The van der Waals surface area contributed by atoms with Crippen molar-refractivity contribution in [2.24, 2.45) is 0 Å². The van der Waals surface area contributed by atoms with Crippen LogP contribution in [0.15, 0.2) is 35.3 Å². The summed E-state index contributed by atoms with van der Waals surface area (Å²) in [4.78, 5) is 202. The molecule has 0 saturated heterocycles. The van der Waals surface area contributed by atoms with Crippen LogP contribution in [0.25, 0.3) is 11.2 Å². The van der Waals surface area contributed by atoms with E-state index < -0.39 is 314 Å². The van der Waals surface area contributed by atoms with Crippen LogP contribution in [0.1, 0.15) is 100 Å². The van der Waals surface area contributed by atoms with Gasteiger partial charge >= 0.3 is 23.5 Å². The van der Waals surface area contributed by atoms with Gasteiger partial charge in [-0.2, -0.15) is 17.6 Å². The van der Waals surface area contributed by atoms with Gasteiger partial charge in [0.05, 0.1) is 56.6 Å². The molecule has 0 aliphatic carbocycles. The molecule has 19 unspecified atom stereocenters. The predicted octanol–water partition coefficient (Wildman–Crippen LogP) is -14.2. The summed E-state index contributed by atoms with van der Waals surface area (Å²) in [6, 6.07) is -5.54. The molecule has 0 aliphatic heterocycles. The SMILES string of the molecule is CC(CCC(=O)NC(CCC(=O)NCC(O)C(O)C(O)C(O)CO)C(=O)NC(CCC(=O)O)C(=O)NC(CCC(=O)NCC(O)C(O)C(O)C(O)CO)C(=O)NC(CCC(=O)O)C(=O)NC(CCC(=O)NCC(O)C(O)C(O)C(O)CO)C(=O)NC(O)(CS)C(=O)O)NC(=O)c1ccc(NCc2cnc3[nH]c(N)nc(=O)c3n2)cc1. The number of carboxylic acid groups (broad SMARTS) is 3. The number of rotatable bonds is 54. The minimum absolute atomic E-state index is 0.0611. The molecule has 50 heteroatoms. The monoisotopic (exact) mass is 1660 g/mol. The molecule has 0 bridgehead atoms. The quantitative estimate of drug-likeness (QED) is 0.0184. The molecular formula is C65H100N16O33S. The first-order valence-corrected chi connectivity index (χ1v) is 35.9. The first-order valence-electron chi connectivity index (χ1n) is 35.3. The molecule has 0 radical (unpaired) electrons. The zero-order valence-corrected chi connectivity index (χ0v) is 62.4. The van der Waals surface area contributed by atoms with Crippen molar-refractivity contribution in [1.29, 1.82) is 0 Å². The summed E-state index contributed by atoms with van der Waals surface area (Å²) < 4.78 is 0. The standard InChI is InChI=1S/C65H100N16O33S/c1-27(72-56(105)28-3-5-29(6-4-28)67-18-30-19-71-55-48(73-30)62(111)80-64(66)79-55)2-12-45(94)74-31(7-13-42(91)68-20-36(85)49(99)52(102)39(88)23-82)57(106)76-33(10-16-46(95)96)59(108)75-32(8-14-43(92)69-21-37(86)50(100)53(103)40(89)24-83)58(107)77-34(11-17-47(97)98)60(109)78-35(61(110)81-65(114,26-115)63(112)113)9-15-44(93)70-22-38(87)51(101)54(104)41(90)25-84/h3-6,19,27,31-41,49-54,67,82-90,99-104,114-115H,2,7-18,20-26H2,1H3,(H,68,91)(H,69,92)(H,70,93)(H,72,105)(H,74,94)(H,75,108)(H,76,106)(H,77,107)(H,78,109)(H,81,110)(H,95,96)(H,97,98)(H,112,113)(H3,66,71,79,80,111). The second-order valence-electron chi connectivity index (χ2n) is 26.3. The second kappa shape index (κ2) is 48.9. The third-order valence-corrected chi connectivity index (χ3v) is 17.6. The molecular weight excluding hydrogens is 1560 g/mol. The highest BCUT2D eigenvalue weighted by Crippen LogP contribution is 2.17. The van der Waals surface area contributed by atoms with Crippen LogP contribution in [-0.4, -0.2) is 354 Å². The van der Waals surface area contributed by atoms with Gasteiger partial charge in [0.15, 0.2) is 11.2 Å². The molecule has 115 heavy (non-hydrogen) atoms. The topological polar surface area (TPSA) is 836 Å². The zero-order valence-electron chi connectivity index (χ0n) is 61.5. The first kappa shape index (κ1) is 99.1. The number of fused-ring (bicyclic) bond motifs is 1. The number of aromatic amines is 1. The average molecular weight is 1670 g/mol. The minimum atomic E-state index is -3.22. The van der Waals surface area contributed by atoms with E-state index >= 15 is 0 Å². The highest BCUT2D eigenvalue weighted by atomic mass is 32.1. The summed E-state index contributed by atoms with van der Waals surface area (Å²) in [6.45, 7) is -4.34. The van der Waals surface area contributed by atoms with Crippen molar-refractivity contribution in [1.82, 2.24) is 73.1 Å².